The van der Waals surface area contributed by atoms with Gasteiger partial charge >= 0.3 is 5.97 Å². The van der Waals surface area contributed by atoms with Crippen molar-refractivity contribution in [2.75, 3.05) is 13.7 Å². The lowest BCUT2D eigenvalue weighted by Gasteiger charge is -2.13. The predicted molar refractivity (Wildman–Crippen MR) is 101 cm³/mol. The zero-order valence-corrected chi connectivity index (χ0v) is 16.3. The van der Waals surface area contributed by atoms with Crippen LogP contribution in [0.4, 0.5) is 0 Å². The smallest absolute Gasteiger partial charge is 0.327 e. The van der Waals surface area contributed by atoms with Gasteiger partial charge in [-0.25, -0.2) is 4.68 Å². The Hall–Kier alpha value is -2.11. The number of carbonyl (C=O) groups is 1. The molecule has 0 aliphatic heterocycles. The number of carbonyl (C=O) groups excluding carboxylic acids is 1. The fourth-order valence-electron chi connectivity index (χ4n) is 2.30. The minimum Gasteiger partial charge on any atom is -0.465 e. The maximum absolute atomic E-state index is 12.4. The fraction of sp³-hybridized carbons (Fsp3) is 0.632. The molecule has 140 valence electrons. The van der Waals surface area contributed by atoms with Crippen molar-refractivity contribution in [2.45, 2.75) is 66.3 Å². The molecule has 0 radical (unpaired) electrons. The highest BCUT2D eigenvalue weighted by atomic mass is 16.5. The lowest BCUT2D eigenvalue weighted by molar-refractivity contribution is -0.144. The maximum Gasteiger partial charge on any atom is 0.327 e. The monoisotopic (exact) mass is 349 g/mol. The third-order valence-electron chi connectivity index (χ3n) is 3.77. The Morgan fingerprint density at radius 1 is 1.36 bits per heavy atom. The van der Waals surface area contributed by atoms with E-state index >= 15 is 0 Å². The molecular weight excluding hydrogens is 318 g/mol. The highest BCUT2D eigenvalue weighted by Gasteiger charge is 2.30. The number of esters is 1. The van der Waals surface area contributed by atoms with Gasteiger partial charge in [0.1, 0.15) is 6.54 Å². The molecule has 1 aliphatic carbocycles. The molecule has 0 aromatic carbocycles. The second-order valence-corrected chi connectivity index (χ2v) is 6.25. The zero-order chi connectivity index (χ0) is 19.0. The van der Waals surface area contributed by atoms with E-state index in [1.54, 1.807) is 13.8 Å². The van der Waals surface area contributed by atoms with Crippen LogP contribution in [-0.2, 0) is 16.1 Å². The molecule has 0 amide bonds. The quantitative estimate of drug-likeness (QED) is 0.799. The van der Waals surface area contributed by atoms with E-state index in [1.807, 2.05) is 20.0 Å². The second-order valence-electron chi connectivity index (χ2n) is 6.25. The van der Waals surface area contributed by atoms with Crippen molar-refractivity contribution in [1.82, 2.24) is 15.1 Å². The summed E-state index contributed by atoms with van der Waals surface area (Å²) in [7, 11) is 1.84. The van der Waals surface area contributed by atoms with Gasteiger partial charge in [-0.2, -0.15) is 5.10 Å². The van der Waals surface area contributed by atoms with Gasteiger partial charge in [0.25, 0.3) is 5.56 Å². The van der Waals surface area contributed by atoms with E-state index in [1.165, 1.54) is 11.1 Å². The number of hydrogen-bond donors (Lipinski definition) is 1. The summed E-state index contributed by atoms with van der Waals surface area (Å²) in [5, 5.41) is 7.50. The van der Waals surface area contributed by atoms with E-state index in [0.717, 1.165) is 29.8 Å². The normalized spacial score (nSPS) is 13.8. The average molecular weight is 349 g/mol. The summed E-state index contributed by atoms with van der Waals surface area (Å²) in [6.07, 6.45) is 5.35. The summed E-state index contributed by atoms with van der Waals surface area (Å²) in [4.78, 5) is 24.1. The van der Waals surface area contributed by atoms with E-state index < -0.39 is 5.97 Å². The number of rotatable bonds is 6. The summed E-state index contributed by atoms with van der Waals surface area (Å²) in [5.41, 5.74) is 3.12. The first kappa shape index (κ1) is 20.9. The van der Waals surface area contributed by atoms with Crippen LogP contribution in [0.3, 0.4) is 0 Å². The van der Waals surface area contributed by atoms with E-state index in [0.29, 0.717) is 18.1 Å². The van der Waals surface area contributed by atoms with Crippen molar-refractivity contribution in [3.05, 3.63) is 32.9 Å². The third-order valence-corrected chi connectivity index (χ3v) is 3.77. The Labute approximate surface area is 150 Å². The Morgan fingerprint density at radius 3 is 2.44 bits per heavy atom. The molecule has 1 fully saturated rings. The first-order chi connectivity index (χ1) is 11.9. The fourth-order valence-corrected chi connectivity index (χ4v) is 2.30. The van der Waals surface area contributed by atoms with Crippen molar-refractivity contribution in [3.8, 4) is 0 Å². The maximum atomic E-state index is 12.4. The van der Waals surface area contributed by atoms with Crippen molar-refractivity contribution >= 4 is 12.0 Å². The molecule has 1 saturated carbocycles. The van der Waals surface area contributed by atoms with Gasteiger partial charge in [0.05, 0.1) is 12.3 Å². The van der Waals surface area contributed by atoms with Gasteiger partial charge in [0.15, 0.2) is 0 Å². The van der Waals surface area contributed by atoms with Crippen LogP contribution in [0, 0.1) is 6.92 Å². The number of aromatic nitrogens is 2. The molecule has 1 aromatic rings. The van der Waals surface area contributed by atoms with Gasteiger partial charge in [-0.1, -0.05) is 20.3 Å². The van der Waals surface area contributed by atoms with Crippen LogP contribution in [0.25, 0.3) is 6.08 Å². The molecule has 0 spiro atoms. The minimum atomic E-state index is -0.437. The molecule has 25 heavy (non-hydrogen) atoms. The summed E-state index contributed by atoms with van der Waals surface area (Å²) < 4.78 is 6.14. The standard InChI is InChI=1S/C16H23N3O3.C3H8/c1-5-22-14(20)9-19-16(21)11(3)13(8-10(2)17-4)15(18-19)12-6-7-12;1-3-2/h8,12,17H,5-7,9H2,1-4H3;3H2,1-2H3/b10-8+;. The number of hydrogen-bond acceptors (Lipinski definition) is 5. The summed E-state index contributed by atoms with van der Waals surface area (Å²) in [6.45, 7) is 9.88. The van der Waals surface area contributed by atoms with Gasteiger partial charge in [-0.05, 0) is 39.7 Å². The molecule has 0 atom stereocenters. The van der Waals surface area contributed by atoms with Gasteiger partial charge in [0.2, 0.25) is 0 Å². The largest absolute Gasteiger partial charge is 0.465 e. The summed E-state index contributed by atoms with van der Waals surface area (Å²) >= 11 is 0. The van der Waals surface area contributed by atoms with E-state index in [-0.39, 0.29) is 12.1 Å². The van der Waals surface area contributed by atoms with E-state index in [4.69, 9.17) is 4.74 Å². The Morgan fingerprint density at radius 2 is 1.96 bits per heavy atom. The number of allylic oxidation sites excluding steroid dienone is 1. The van der Waals surface area contributed by atoms with E-state index in [9.17, 15) is 9.59 Å². The van der Waals surface area contributed by atoms with Crippen LogP contribution < -0.4 is 10.9 Å². The van der Waals surface area contributed by atoms with Gasteiger partial charge < -0.3 is 10.1 Å². The van der Waals surface area contributed by atoms with Gasteiger partial charge in [0, 0.05) is 29.8 Å². The first-order valence-electron chi connectivity index (χ1n) is 9.02. The van der Waals surface area contributed by atoms with Crippen LogP contribution >= 0.6 is 0 Å². The zero-order valence-electron chi connectivity index (χ0n) is 16.3. The molecule has 2 rings (SSSR count). The molecule has 1 N–H and O–H groups in total. The van der Waals surface area contributed by atoms with Crippen molar-refractivity contribution < 1.29 is 9.53 Å². The summed E-state index contributed by atoms with van der Waals surface area (Å²) in [5.74, 6) is -0.0587. The highest BCUT2D eigenvalue weighted by Crippen LogP contribution is 2.41. The average Bonchev–Trinajstić information content (AvgIpc) is 3.40. The van der Waals surface area contributed by atoms with Gasteiger partial charge in [-0.3, -0.25) is 9.59 Å². The van der Waals surface area contributed by atoms with Crippen LogP contribution in [-0.4, -0.2) is 29.4 Å². The third kappa shape index (κ3) is 6.03. The Kier molecular flexibility index (Phi) is 8.38. The number of nitrogens with one attached hydrogen (secondary N) is 1. The van der Waals surface area contributed by atoms with Crippen LogP contribution in [0.15, 0.2) is 10.5 Å². The molecule has 1 heterocycles. The molecule has 0 bridgehead atoms. The van der Waals surface area contributed by atoms with Crippen LogP contribution in [0.5, 0.6) is 0 Å². The second kappa shape index (κ2) is 10.0. The van der Waals surface area contributed by atoms with Crippen molar-refractivity contribution in [2.24, 2.45) is 0 Å². The number of nitrogens with zero attached hydrogens (tertiary/aromatic N) is 2. The molecule has 0 saturated heterocycles. The van der Waals surface area contributed by atoms with Gasteiger partial charge in [-0.15, -0.1) is 0 Å². The SMILES string of the molecule is CCC.CCOC(=O)Cn1nc(C2CC2)c(/C=C(\C)NC)c(C)c1=O. The number of ether oxygens (including phenoxy) is 1. The molecular formula is C19H31N3O3. The predicted octanol–water partition coefficient (Wildman–Crippen LogP) is 2.99. The van der Waals surface area contributed by atoms with Crippen LogP contribution in [0.2, 0.25) is 0 Å². The molecule has 1 aromatic heterocycles. The molecule has 1 aliphatic rings. The molecule has 6 heteroatoms. The Bertz CT molecular complexity index is 673. The summed E-state index contributed by atoms with van der Waals surface area (Å²) in [6, 6.07) is 0. The first-order valence-corrected chi connectivity index (χ1v) is 9.02. The van der Waals surface area contributed by atoms with Crippen LogP contribution in [0.1, 0.15) is 69.7 Å². The van der Waals surface area contributed by atoms with Crippen molar-refractivity contribution in [1.29, 1.82) is 0 Å². The lowest BCUT2D eigenvalue weighted by atomic mass is 10.0. The van der Waals surface area contributed by atoms with E-state index in [2.05, 4.69) is 24.3 Å². The minimum absolute atomic E-state index is 0.137. The Balaban J connectivity index is 0.000000970. The molecule has 0 unspecified atom stereocenters. The lowest BCUT2D eigenvalue weighted by Crippen LogP contribution is -2.31. The topological polar surface area (TPSA) is 73.2 Å². The van der Waals surface area contributed by atoms with Crippen molar-refractivity contribution in [3.63, 3.8) is 0 Å². The highest BCUT2D eigenvalue weighted by molar-refractivity contribution is 5.69. The molecule has 6 nitrogen and oxygen atoms in total.